The van der Waals surface area contributed by atoms with E-state index in [0.717, 1.165) is 36.8 Å². The van der Waals surface area contributed by atoms with Crippen LogP contribution in [0, 0.1) is 6.92 Å². The number of pyridine rings is 1. The summed E-state index contributed by atoms with van der Waals surface area (Å²) in [4.78, 5) is 33.8. The summed E-state index contributed by atoms with van der Waals surface area (Å²) in [5.74, 6) is 0.584. The van der Waals surface area contributed by atoms with Gasteiger partial charge < -0.3 is 14.8 Å². The van der Waals surface area contributed by atoms with Crippen molar-refractivity contribution in [2.45, 2.75) is 51.1 Å². The van der Waals surface area contributed by atoms with Gasteiger partial charge in [-0.2, -0.15) is 0 Å². The van der Waals surface area contributed by atoms with Crippen LogP contribution in [0.15, 0.2) is 66.9 Å². The molecule has 2 amide bonds. The largest absolute Gasteiger partial charge is 0.454 e. The minimum absolute atomic E-state index is 0.103. The third kappa shape index (κ3) is 4.85. The Kier molecular flexibility index (Phi) is 6.66. The zero-order valence-corrected chi connectivity index (χ0v) is 19.8. The number of nitrogens with zero attached hydrogens (tertiary/aromatic N) is 2. The zero-order valence-electron chi connectivity index (χ0n) is 19.8. The maximum atomic E-state index is 14.0. The number of fused-ring (bicyclic) bond motifs is 1. The number of nitrogens with one attached hydrogen (secondary N) is 1. The van der Waals surface area contributed by atoms with Gasteiger partial charge in [0.25, 0.3) is 5.91 Å². The lowest BCUT2D eigenvalue weighted by Gasteiger charge is -2.34. The molecule has 1 aliphatic heterocycles. The highest BCUT2D eigenvalue weighted by Crippen LogP contribution is 2.39. The summed E-state index contributed by atoms with van der Waals surface area (Å²) in [7, 11) is 0. The van der Waals surface area contributed by atoms with Crippen LogP contribution in [0.3, 0.4) is 0 Å². The first-order chi connectivity index (χ1) is 17.1. The fourth-order valence-corrected chi connectivity index (χ4v) is 4.85. The Morgan fingerprint density at radius 3 is 2.51 bits per heavy atom. The molecule has 1 saturated carbocycles. The Morgan fingerprint density at radius 2 is 1.74 bits per heavy atom. The molecule has 0 spiro atoms. The minimum atomic E-state index is -0.881. The lowest BCUT2D eigenvalue weighted by atomic mass is 9.93. The van der Waals surface area contributed by atoms with Gasteiger partial charge in [0.15, 0.2) is 11.5 Å². The summed E-state index contributed by atoms with van der Waals surface area (Å²) in [6, 6.07) is 17.4. The molecule has 1 atom stereocenters. The summed E-state index contributed by atoms with van der Waals surface area (Å²) >= 11 is 0. The number of ether oxygens (including phenoxy) is 2. The molecule has 5 rings (SSSR count). The fraction of sp³-hybridized carbons (Fsp3) is 0.321. The first kappa shape index (κ1) is 22.9. The topological polar surface area (TPSA) is 80.8 Å². The lowest BCUT2D eigenvalue weighted by molar-refractivity contribution is -0.123. The smallest absolute Gasteiger partial charge is 0.277 e. The molecule has 2 aromatic carbocycles. The number of aryl methyl sites for hydroxylation is 1. The molecule has 180 valence electrons. The highest BCUT2D eigenvalue weighted by molar-refractivity contribution is 6.09. The molecule has 0 bridgehead atoms. The van der Waals surface area contributed by atoms with E-state index in [1.807, 2.05) is 31.2 Å². The number of hydrogen-bond acceptors (Lipinski definition) is 5. The molecular formula is C28H29N3O4. The van der Waals surface area contributed by atoms with Crippen LogP contribution in [-0.2, 0) is 4.79 Å². The molecule has 1 aliphatic carbocycles. The molecule has 1 unspecified atom stereocenters. The lowest BCUT2D eigenvalue weighted by Crippen LogP contribution is -2.47. The molecule has 3 aromatic rings. The normalized spacial score (nSPS) is 15.9. The molecular weight excluding hydrogens is 442 g/mol. The van der Waals surface area contributed by atoms with Gasteiger partial charge in [0, 0.05) is 24.0 Å². The molecule has 2 aliphatic rings. The maximum Gasteiger partial charge on any atom is 0.277 e. The van der Waals surface area contributed by atoms with Crippen molar-refractivity contribution >= 4 is 17.5 Å². The van der Waals surface area contributed by atoms with Crippen molar-refractivity contribution in [1.29, 1.82) is 0 Å². The van der Waals surface area contributed by atoms with Crippen LogP contribution in [0.2, 0.25) is 0 Å². The standard InChI is InChI=1S/C28H29N3O4/c1-19-9-5-6-12-22(19)26(27(32)30-20-10-3-2-4-11-20)31(28(33)23-13-7-8-16-29-23)21-14-15-24-25(17-21)35-18-34-24/h5-9,12-17,20,26H,2-4,10-11,18H2,1H3,(H,30,32). The Labute approximate surface area is 205 Å². The van der Waals surface area contributed by atoms with E-state index < -0.39 is 6.04 Å². The van der Waals surface area contributed by atoms with Crippen LogP contribution < -0.4 is 19.7 Å². The van der Waals surface area contributed by atoms with Gasteiger partial charge in [0.1, 0.15) is 11.7 Å². The second-order valence-electron chi connectivity index (χ2n) is 9.03. The Morgan fingerprint density at radius 1 is 0.971 bits per heavy atom. The number of anilines is 1. The van der Waals surface area contributed by atoms with E-state index in [9.17, 15) is 9.59 Å². The minimum Gasteiger partial charge on any atom is -0.454 e. The van der Waals surface area contributed by atoms with Gasteiger partial charge in [-0.05, 0) is 55.2 Å². The van der Waals surface area contributed by atoms with Crippen molar-refractivity contribution in [3.63, 3.8) is 0 Å². The summed E-state index contributed by atoms with van der Waals surface area (Å²) in [6.45, 7) is 2.08. The molecule has 7 nitrogen and oxygen atoms in total. The van der Waals surface area contributed by atoms with Crippen LogP contribution in [0.4, 0.5) is 5.69 Å². The highest BCUT2D eigenvalue weighted by Gasteiger charge is 2.36. The molecule has 35 heavy (non-hydrogen) atoms. The molecule has 0 saturated heterocycles. The van der Waals surface area contributed by atoms with Gasteiger partial charge in [-0.1, -0.05) is 49.6 Å². The first-order valence-electron chi connectivity index (χ1n) is 12.1. The van der Waals surface area contributed by atoms with Crippen LogP contribution in [0.1, 0.15) is 59.8 Å². The third-order valence-electron chi connectivity index (χ3n) is 6.68. The monoisotopic (exact) mass is 471 g/mol. The van der Waals surface area contributed by atoms with Crippen molar-refractivity contribution in [3.05, 3.63) is 83.7 Å². The third-order valence-corrected chi connectivity index (χ3v) is 6.68. The van der Waals surface area contributed by atoms with Crippen molar-refractivity contribution in [1.82, 2.24) is 10.3 Å². The molecule has 0 radical (unpaired) electrons. The predicted molar refractivity (Wildman–Crippen MR) is 133 cm³/mol. The van der Waals surface area contributed by atoms with Gasteiger partial charge in [-0.25, -0.2) is 0 Å². The summed E-state index contributed by atoms with van der Waals surface area (Å²) in [5, 5.41) is 3.24. The van der Waals surface area contributed by atoms with E-state index in [1.165, 1.54) is 11.3 Å². The second-order valence-corrected chi connectivity index (χ2v) is 9.03. The van der Waals surface area contributed by atoms with Crippen LogP contribution in [0.5, 0.6) is 11.5 Å². The number of hydrogen-bond donors (Lipinski definition) is 1. The predicted octanol–water partition coefficient (Wildman–Crippen LogP) is 4.96. The summed E-state index contributed by atoms with van der Waals surface area (Å²) in [6.07, 6.45) is 6.86. The van der Waals surface area contributed by atoms with Crippen LogP contribution >= 0.6 is 0 Å². The van der Waals surface area contributed by atoms with Gasteiger partial charge >= 0.3 is 0 Å². The highest BCUT2D eigenvalue weighted by atomic mass is 16.7. The fourth-order valence-electron chi connectivity index (χ4n) is 4.85. The quantitative estimate of drug-likeness (QED) is 0.550. The zero-order chi connectivity index (χ0) is 24.2. The van der Waals surface area contributed by atoms with Gasteiger partial charge in [-0.3, -0.25) is 19.5 Å². The number of carbonyl (C=O) groups excluding carboxylic acids is 2. The SMILES string of the molecule is Cc1ccccc1C(C(=O)NC1CCCCC1)N(C(=O)c1ccccn1)c1ccc2c(c1)OCO2. The molecule has 1 aromatic heterocycles. The maximum absolute atomic E-state index is 14.0. The van der Waals surface area contributed by atoms with E-state index in [4.69, 9.17) is 9.47 Å². The number of carbonyl (C=O) groups is 2. The number of rotatable bonds is 6. The number of benzene rings is 2. The van der Waals surface area contributed by atoms with E-state index in [1.54, 1.807) is 42.6 Å². The van der Waals surface area contributed by atoms with Gasteiger partial charge in [-0.15, -0.1) is 0 Å². The average Bonchev–Trinajstić information content (AvgIpc) is 3.36. The average molecular weight is 472 g/mol. The van der Waals surface area contributed by atoms with Gasteiger partial charge in [0.05, 0.1) is 0 Å². The Hall–Kier alpha value is -3.87. The Bertz CT molecular complexity index is 1210. The molecule has 1 N–H and O–H groups in total. The van der Waals surface area contributed by atoms with Crippen LogP contribution in [0.25, 0.3) is 0 Å². The van der Waals surface area contributed by atoms with Crippen molar-refractivity contribution < 1.29 is 19.1 Å². The van der Waals surface area contributed by atoms with Crippen LogP contribution in [-0.4, -0.2) is 29.6 Å². The molecule has 2 heterocycles. The second kappa shape index (κ2) is 10.2. The number of aromatic nitrogens is 1. The van der Waals surface area contributed by atoms with Gasteiger partial charge in [0.2, 0.25) is 12.7 Å². The van der Waals surface area contributed by atoms with E-state index in [-0.39, 0.29) is 30.3 Å². The van der Waals surface area contributed by atoms with E-state index >= 15 is 0 Å². The molecule has 7 heteroatoms. The van der Waals surface area contributed by atoms with E-state index in [2.05, 4.69) is 10.3 Å². The number of amides is 2. The van der Waals surface area contributed by atoms with Crippen molar-refractivity contribution in [3.8, 4) is 11.5 Å². The van der Waals surface area contributed by atoms with Crippen molar-refractivity contribution in [2.24, 2.45) is 0 Å². The first-order valence-corrected chi connectivity index (χ1v) is 12.1. The Balaban J connectivity index is 1.62. The summed E-state index contributed by atoms with van der Waals surface area (Å²) in [5.41, 5.74) is 2.49. The molecule has 1 fully saturated rings. The van der Waals surface area contributed by atoms with E-state index in [0.29, 0.717) is 17.2 Å². The van der Waals surface area contributed by atoms with Crippen molar-refractivity contribution in [2.75, 3.05) is 11.7 Å². The summed E-state index contributed by atoms with van der Waals surface area (Å²) < 4.78 is 11.1.